The van der Waals surface area contributed by atoms with Crippen LogP contribution in [0.3, 0.4) is 0 Å². The van der Waals surface area contributed by atoms with Gasteiger partial charge >= 0.3 is 0 Å². The van der Waals surface area contributed by atoms with Crippen molar-refractivity contribution in [3.8, 4) is 0 Å². The molecule has 1 aliphatic carbocycles. The highest BCUT2D eigenvalue weighted by Gasteiger charge is 2.21. The van der Waals surface area contributed by atoms with E-state index in [2.05, 4.69) is 9.88 Å². The number of likely N-dealkylation sites (N-methyl/N-ethyl adjacent to an activating group) is 1. The first-order valence-electron chi connectivity index (χ1n) is 6.47. The average molecular weight is 231 g/mol. The molecular weight excluding hydrogens is 210 g/mol. The minimum Gasteiger partial charge on any atom is -0.363 e. The Kier molecular flexibility index (Phi) is 4.13. The minimum absolute atomic E-state index is 0.503. The predicted molar refractivity (Wildman–Crippen MR) is 70.3 cm³/mol. The van der Waals surface area contributed by atoms with Crippen molar-refractivity contribution in [2.24, 2.45) is 5.92 Å². The van der Waals surface area contributed by atoms with E-state index in [0.29, 0.717) is 5.92 Å². The van der Waals surface area contributed by atoms with Gasteiger partial charge in [-0.3, -0.25) is 10.4 Å². The highest BCUT2D eigenvalue weighted by atomic mass is 15.1. The predicted octanol–water partition coefficient (Wildman–Crippen LogP) is 2.72. The maximum Gasteiger partial charge on any atom is 0.0986 e. The molecule has 1 fully saturated rings. The van der Waals surface area contributed by atoms with Gasteiger partial charge in [-0.15, -0.1) is 0 Å². The monoisotopic (exact) mass is 231 g/mol. The van der Waals surface area contributed by atoms with Crippen LogP contribution in [-0.2, 0) is 6.42 Å². The topological polar surface area (TPSA) is 40.0 Å². The molecule has 0 atom stereocenters. The third kappa shape index (κ3) is 3.29. The van der Waals surface area contributed by atoms with Crippen molar-refractivity contribution in [1.29, 1.82) is 5.41 Å². The molecule has 3 nitrogen and oxygen atoms in total. The lowest BCUT2D eigenvalue weighted by molar-refractivity contribution is 0.462. The van der Waals surface area contributed by atoms with Crippen LogP contribution in [0, 0.1) is 11.3 Å². The molecule has 1 aliphatic rings. The Balaban J connectivity index is 1.80. The van der Waals surface area contributed by atoms with E-state index in [1.54, 1.807) is 0 Å². The van der Waals surface area contributed by atoms with E-state index in [1.165, 1.54) is 25.7 Å². The zero-order valence-corrected chi connectivity index (χ0v) is 10.5. The molecule has 3 heteroatoms. The van der Waals surface area contributed by atoms with Gasteiger partial charge in [0.1, 0.15) is 0 Å². The molecule has 0 spiro atoms. The Labute approximate surface area is 103 Å². The molecule has 0 aromatic carbocycles. The van der Waals surface area contributed by atoms with Gasteiger partial charge in [0, 0.05) is 37.8 Å². The molecule has 1 heterocycles. The molecule has 0 saturated heterocycles. The van der Waals surface area contributed by atoms with Gasteiger partial charge in [0.05, 0.1) is 5.84 Å². The first-order chi connectivity index (χ1) is 8.27. The van der Waals surface area contributed by atoms with Crippen LogP contribution in [0.25, 0.3) is 0 Å². The largest absolute Gasteiger partial charge is 0.363 e. The lowest BCUT2D eigenvalue weighted by atomic mass is 10.1. The van der Waals surface area contributed by atoms with Crippen LogP contribution in [0.2, 0.25) is 0 Å². The van der Waals surface area contributed by atoms with Crippen LogP contribution in [0.1, 0.15) is 31.4 Å². The van der Waals surface area contributed by atoms with E-state index < -0.39 is 0 Å². The molecule has 2 rings (SSSR count). The highest BCUT2D eigenvalue weighted by Crippen LogP contribution is 2.26. The van der Waals surface area contributed by atoms with Gasteiger partial charge in [-0.25, -0.2) is 0 Å². The van der Waals surface area contributed by atoms with Gasteiger partial charge in [0.25, 0.3) is 0 Å². The van der Waals surface area contributed by atoms with Crippen molar-refractivity contribution in [3.05, 3.63) is 30.1 Å². The number of rotatable bonds is 4. The molecule has 1 aromatic rings. The molecule has 0 unspecified atom stereocenters. The smallest absolute Gasteiger partial charge is 0.0986 e. The van der Waals surface area contributed by atoms with Gasteiger partial charge in [-0.1, -0.05) is 18.9 Å². The van der Waals surface area contributed by atoms with E-state index >= 15 is 0 Å². The number of hydrogen-bond donors (Lipinski definition) is 1. The van der Waals surface area contributed by atoms with Crippen molar-refractivity contribution < 1.29 is 0 Å². The molecule has 0 radical (unpaired) electrons. The molecule has 1 saturated carbocycles. The van der Waals surface area contributed by atoms with Crippen molar-refractivity contribution >= 4 is 5.84 Å². The summed E-state index contributed by atoms with van der Waals surface area (Å²) in [6, 6.07) is 6.01. The molecule has 17 heavy (non-hydrogen) atoms. The van der Waals surface area contributed by atoms with Crippen LogP contribution >= 0.6 is 0 Å². The molecule has 92 valence electrons. The van der Waals surface area contributed by atoms with Gasteiger partial charge in [0.15, 0.2) is 0 Å². The summed E-state index contributed by atoms with van der Waals surface area (Å²) in [5.41, 5.74) is 1.11. The lowest BCUT2D eigenvalue weighted by Gasteiger charge is -2.23. The van der Waals surface area contributed by atoms with Crippen LogP contribution in [0.15, 0.2) is 24.4 Å². The second-order valence-electron chi connectivity index (χ2n) is 4.86. The zero-order valence-electron chi connectivity index (χ0n) is 10.5. The molecule has 0 aliphatic heterocycles. The first kappa shape index (κ1) is 12.1. The first-order valence-corrected chi connectivity index (χ1v) is 6.47. The Hall–Kier alpha value is -1.38. The maximum atomic E-state index is 8.16. The van der Waals surface area contributed by atoms with Gasteiger partial charge in [-0.05, 0) is 25.0 Å². The van der Waals surface area contributed by atoms with E-state index in [4.69, 9.17) is 5.41 Å². The van der Waals surface area contributed by atoms with Gasteiger partial charge in [-0.2, -0.15) is 0 Å². The van der Waals surface area contributed by atoms with E-state index in [1.807, 2.05) is 31.4 Å². The number of amidine groups is 1. The fraction of sp³-hybridized carbons (Fsp3) is 0.571. The number of nitrogens with one attached hydrogen (secondary N) is 1. The summed E-state index contributed by atoms with van der Waals surface area (Å²) in [5, 5.41) is 8.16. The summed E-state index contributed by atoms with van der Waals surface area (Å²) in [6.07, 6.45) is 7.74. The van der Waals surface area contributed by atoms with Gasteiger partial charge < -0.3 is 4.90 Å². The van der Waals surface area contributed by atoms with E-state index in [9.17, 15) is 0 Å². The molecule has 0 bridgehead atoms. The number of nitrogens with zero attached hydrogens (tertiary/aromatic N) is 2. The lowest BCUT2D eigenvalue weighted by Crippen LogP contribution is -2.32. The van der Waals surface area contributed by atoms with Crippen LogP contribution in [0.4, 0.5) is 0 Å². The molecule has 1 aromatic heterocycles. The van der Waals surface area contributed by atoms with Crippen molar-refractivity contribution in [1.82, 2.24) is 9.88 Å². The number of pyridine rings is 1. The Bertz CT molecular complexity index is 355. The number of hydrogen-bond acceptors (Lipinski definition) is 2. The van der Waals surface area contributed by atoms with Crippen molar-refractivity contribution in [2.75, 3.05) is 13.6 Å². The summed E-state index contributed by atoms with van der Waals surface area (Å²) in [7, 11) is 2.03. The second kappa shape index (κ2) is 5.80. The highest BCUT2D eigenvalue weighted by molar-refractivity contribution is 5.81. The summed E-state index contributed by atoms with van der Waals surface area (Å²) in [6.45, 7) is 0.895. The molecule has 1 N–H and O–H groups in total. The molecular formula is C14H21N3. The Morgan fingerprint density at radius 3 is 2.82 bits per heavy atom. The maximum absolute atomic E-state index is 8.16. The third-order valence-electron chi connectivity index (χ3n) is 3.58. The van der Waals surface area contributed by atoms with Crippen molar-refractivity contribution in [2.45, 2.75) is 32.1 Å². The summed E-state index contributed by atoms with van der Waals surface area (Å²) in [4.78, 5) is 6.40. The third-order valence-corrected chi connectivity index (χ3v) is 3.58. The normalized spacial score (nSPS) is 16.1. The quantitative estimate of drug-likeness (QED) is 0.639. The van der Waals surface area contributed by atoms with Crippen LogP contribution < -0.4 is 0 Å². The summed E-state index contributed by atoms with van der Waals surface area (Å²) >= 11 is 0. The standard InChI is InChI=1S/C14H21N3/c1-17(14(15)12-6-2-3-7-12)11-9-13-8-4-5-10-16-13/h4-5,8,10,12,15H,2-3,6-7,9,11H2,1H3. The average Bonchev–Trinajstić information content (AvgIpc) is 2.90. The van der Waals surface area contributed by atoms with Gasteiger partial charge in [0.2, 0.25) is 0 Å². The molecule has 0 amide bonds. The zero-order chi connectivity index (χ0) is 12.1. The SMILES string of the molecule is CN(CCc1ccccn1)C(=N)C1CCCC1. The summed E-state index contributed by atoms with van der Waals surface area (Å²) < 4.78 is 0. The fourth-order valence-electron chi connectivity index (χ4n) is 2.46. The van der Waals surface area contributed by atoms with Crippen LogP contribution in [-0.4, -0.2) is 29.3 Å². The Morgan fingerprint density at radius 2 is 2.18 bits per heavy atom. The summed E-state index contributed by atoms with van der Waals surface area (Å²) in [5.74, 6) is 1.32. The fourth-order valence-corrected chi connectivity index (χ4v) is 2.46. The Morgan fingerprint density at radius 1 is 1.41 bits per heavy atom. The second-order valence-corrected chi connectivity index (χ2v) is 4.86. The van der Waals surface area contributed by atoms with Crippen molar-refractivity contribution in [3.63, 3.8) is 0 Å². The van der Waals surface area contributed by atoms with E-state index in [0.717, 1.165) is 24.5 Å². The minimum atomic E-state index is 0.503. The van der Waals surface area contributed by atoms with E-state index in [-0.39, 0.29) is 0 Å². The number of aromatic nitrogens is 1. The van der Waals surface area contributed by atoms with Crippen LogP contribution in [0.5, 0.6) is 0 Å².